The second-order valence-electron chi connectivity index (χ2n) is 7.39. The van der Waals surface area contributed by atoms with Gasteiger partial charge in [0.1, 0.15) is 11.4 Å². The number of rotatable bonds is 5. The van der Waals surface area contributed by atoms with Gasteiger partial charge in [-0.3, -0.25) is 4.79 Å². The SMILES string of the molecule is COc1ccc(-c2cc([C@H]3CCCCCN3C(=O)CC(C)C)no2)cc1. The zero-order valence-electron chi connectivity index (χ0n) is 15.9. The summed E-state index contributed by atoms with van der Waals surface area (Å²) < 4.78 is 10.8. The summed E-state index contributed by atoms with van der Waals surface area (Å²) in [5.74, 6) is 2.12. The van der Waals surface area contributed by atoms with E-state index in [1.165, 1.54) is 0 Å². The molecule has 26 heavy (non-hydrogen) atoms. The molecule has 0 bridgehead atoms. The Hall–Kier alpha value is -2.30. The van der Waals surface area contributed by atoms with Crippen LogP contribution in [0.3, 0.4) is 0 Å². The molecule has 140 valence electrons. The summed E-state index contributed by atoms with van der Waals surface area (Å²) in [4.78, 5) is 14.8. The van der Waals surface area contributed by atoms with Gasteiger partial charge in [0, 0.05) is 24.6 Å². The second-order valence-corrected chi connectivity index (χ2v) is 7.39. The zero-order chi connectivity index (χ0) is 18.5. The maximum Gasteiger partial charge on any atom is 0.223 e. The summed E-state index contributed by atoms with van der Waals surface area (Å²) in [5, 5.41) is 4.31. The Balaban J connectivity index is 1.82. The zero-order valence-corrected chi connectivity index (χ0v) is 15.9. The van der Waals surface area contributed by atoms with E-state index in [1.807, 2.05) is 35.2 Å². The lowest BCUT2D eigenvalue weighted by Crippen LogP contribution is -2.35. The van der Waals surface area contributed by atoms with Crippen molar-refractivity contribution in [2.24, 2.45) is 5.92 Å². The normalized spacial score (nSPS) is 18.0. The average molecular weight is 356 g/mol. The van der Waals surface area contributed by atoms with Gasteiger partial charge in [0.25, 0.3) is 0 Å². The van der Waals surface area contributed by atoms with Crippen molar-refractivity contribution in [3.63, 3.8) is 0 Å². The molecule has 1 saturated heterocycles. The molecule has 1 fully saturated rings. The van der Waals surface area contributed by atoms with Crippen LogP contribution in [0.25, 0.3) is 11.3 Å². The number of hydrogen-bond donors (Lipinski definition) is 0. The quantitative estimate of drug-likeness (QED) is 0.769. The molecule has 1 amide bonds. The Kier molecular flexibility index (Phi) is 5.96. The van der Waals surface area contributed by atoms with Crippen molar-refractivity contribution < 1.29 is 14.1 Å². The highest BCUT2D eigenvalue weighted by molar-refractivity contribution is 5.77. The molecule has 0 saturated carbocycles. The fourth-order valence-electron chi connectivity index (χ4n) is 3.52. The van der Waals surface area contributed by atoms with E-state index in [1.54, 1.807) is 7.11 Å². The highest BCUT2D eigenvalue weighted by Gasteiger charge is 2.29. The molecule has 3 rings (SSSR count). The van der Waals surface area contributed by atoms with Crippen molar-refractivity contribution in [1.29, 1.82) is 0 Å². The second kappa shape index (κ2) is 8.39. The average Bonchev–Trinajstić information content (AvgIpc) is 2.98. The Morgan fingerprint density at radius 2 is 2.04 bits per heavy atom. The molecule has 5 nitrogen and oxygen atoms in total. The number of nitrogens with zero attached hydrogens (tertiary/aromatic N) is 2. The van der Waals surface area contributed by atoms with Crippen LogP contribution in [0.15, 0.2) is 34.9 Å². The van der Waals surface area contributed by atoms with Crippen LogP contribution < -0.4 is 4.74 Å². The summed E-state index contributed by atoms with van der Waals surface area (Å²) in [6.45, 7) is 4.98. The van der Waals surface area contributed by atoms with E-state index in [2.05, 4.69) is 19.0 Å². The lowest BCUT2D eigenvalue weighted by molar-refractivity contribution is -0.134. The molecule has 1 atom stereocenters. The maximum absolute atomic E-state index is 12.7. The van der Waals surface area contributed by atoms with Crippen LogP contribution in [-0.2, 0) is 4.79 Å². The number of amides is 1. The Morgan fingerprint density at radius 1 is 1.27 bits per heavy atom. The number of carbonyl (C=O) groups excluding carboxylic acids is 1. The third-order valence-electron chi connectivity index (χ3n) is 4.90. The highest BCUT2D eigenvalue weighted by Crippen LogP contribution is 2.33. The fourth-order valence-corrected chi connectivity index (χ4v) is 3.52. The standard InChI is InChI=1S/C21H28N2O3/c1-15(2)13-21(24)23-12-6-4-5-7-19(23)18-14-20(26-22-18)16-8-10-17(25-3)11-9-16/h8-11,14-15,19H,4-7,12-13H2,1-3H3/t19-/m1/s1. The van der Waals surface area contributed by atoms with Gasteiger partial charge in [-0.25, -0.2) is 0 Å². The van der Waals surface area contributed by atoms with Gasteiger partial charge in [-0.05, 0) is 43.0 Å². The number of aromatic nitrogens is 1. The first-order valence-corrected chi connectivity index (χ1v) is 9.49. The van der Waals surface area contributed by atoms with Gasteiger partial charge in [-0.15, -0.1) is 0 Å². The summed E-state index contributed by atoms with van der Waals surface area (Å²) in [7, 11) is 1.65. The molecule has 1 aliphatic heterocycles. The van der Waals surface area contributed by atoms with E-state index in [4.69, 9.17) is 9.26 Å². The van der Waals surface area contributed by atoms with Crippen molar-refractivity contribution in [1.82, 2.24) is 10.1 Å². The molecule has 2 aromatic rings. The van der Waals surface area contributed by atoms with Gasteiger partial charge in [0.15, 0.2) is 5.76 Å². The molecule has 0 aliphatic carbocycles. The van der Waals surface area contributed by atoms with E-state index < -0.39 is 0 Å². The van der Waals surface area contributed by atoms with Crippen LogP contribution in [0.4, 0.5) is 0 Å². The van der Waals surface area contributed by atoms with Gasteiger partial charge < -0.3 is 14.2 Å². The van der Waals surface area contributed by atoms with Crippen LogP contribution >= 0.6 is 0 Å². The van der Waals surface area contributed by atoms with Crippen molar-refractivity contribution in [2.45, 2.75) is 52.0 Å². The van der Waals surface area contributed by atoms with Crippen molar-refractivity contribution in [2.75, 3.05) is 13.7 Å². The van der Waals surface area contributed by atoms with E-state index in [9.17, 15) is 4.79 Å². The summed E-state index contributed by atoms with van der Waals surface area (Å²) in [6, 6.07) is 9.71. The minimum Gasteiger partial charge on any atom is -0.497 e. The molecule has 1 aromatic carbocycles. The number of benzene rings is 1. The minimum atomic E-state index is 0.0134. The third-order valence-corrected chi connectivity index (χ3v) is 4.90. The maximum atomic E-state index is 12.7. The number of carbonyl (C=O) groups is 1. The van der Waals surface area contributed by atoms with Crippen LogP contribution in [0.5, 0.6) is 5.75 Å². The van der Waals surface area contributed by atoms with Crippen molar-refractivity contribution >= 4 is 5.91 Å². The summed E-state index contributed by atoms with van der Waals surface area (Å²) in [5.41, 5.74) is 1.81. The van der Waals surface area contributed by atoms with Crippen LogP contribution in [-0.4, -0.2) is 29.6 Å². The molecule has 0 radical (unpaired) electrons. The monoisotopic (exact) mass is 356 g/mol. The van der Waals surface area contributed by atoms with Crippen LogP contribution in [0.1, 0.15) is 57.7 Å². The van der Waals surface area contributed by atoms with E-state index >= 15 is 0 Å². The van der Waals surface area contributed by atoms with Gasteiger partial charge in [-0.2, -0.15) is 0 Å². The van der Waals surface area contributed by atoms with Crippen molar-refractivity contribution in [3.05, 3.63) is 36.0 Å². The topological polar surface area (TPSA) is 55.6 Å². The van der Waals surface area contributed by atoms with E-state index in [0.29, 0.717) is 12.3 Å². The third kappa shape index (κ3) is 4.26. The predicted molar refractivity (Wildman–Crippen MR) is 101 cm³/mol. The largest absolute Gasteiger partial charge is 0.497 e. The van der Waals surface area contributed by atoms with Gasteiger partial charge >= 0.3 is 0 Å². The Bertz CT molecular complexity index is 721. The first kappa shape index (κ1) is 18.5. The number of likely N-dealkylation sites (tertiary alicyclic amines) is 1. The molecule has 1 aliphatic rings. The lowest BCUT2D eigenvalue weighted by Gasteiger charge is -2.29. The Labute approximate surface area is 155 Å². The van der Waals surface area contributed by atoms with Gasteiger partial charge in [0.05, 0.1) is 13.2 Å². The number of hydrogen-bond acceptors (Lipinski definition) is 4. The van der Waals surface area contributed by atoms with Crippen molar-refractivity contribution in [3.8, 4) is 17.1 Å². The van der Waals surface area contributed by atoms with E-state index in [-0.39, 0.29) is 11.9 Å². The first-order valence-electron chi connectivity index (χ1n) is 9.49. The van der Waals surface area contributed by atoms with Gasteiger partial charge in [0.2, 0.25) is 5.91 Å². The highest BCUT2D eigenvalue weighted by atomic mass is 16.5. The smallest absolute Gasteiger partial charge is 0.223 e. The van der Waals surface area contributed by atoms with Gasteiger partial charge in [-0.1, -0.05) is 31.8 Å². The molecular formula is C21H28N2O3. The molecule has 5 heteroatoms. The van der Waals surface area contributed by atoms with E-state index in [0.717, 1.165) is 55.0 Å². The lowest BCUT2D eigenvalue weighted by atomic mass is 10.0. The minimum absolute atomic E-state index is 0.0134. The summed E-state index contributed by atoms with van der Waals surface area (Å²) in [6.07, 6.45) is 4.85. The van der Waals surface area contributed by atoms with Crippen LogP contribution in [0, 0.1) is 5.92 Å². The number of ether oxygens (including phenoxy) is 1. The number of methoxy groups -OCH3 is 1. The molecule has 1 aromatic heterocycles. The fraction of sp³-hybridized carbons (Fsp3) is 0.524. The predicted octanol–water partition coefficient (Wildman–Crippen LogP) is 4.84. The molecule has 0 N–H and O–H groups in total. The molecule has 0 spiro atoms. The summed E-state index contributed by atoms with van der Waals surface area (Å²) >= 11 is 0. The Morgan fingerprint density at radius 3 is 2.73 bits per heavy atom. The first-order chi connectivity index (χ1) is 12.6. The molecule has 2 heterocycles. The van der Waals surface area contributed by atoms with Crippen LogP contribution in [0.2, 0.25) is 0 Å². The molecular weight excluding hydrogens is 328 g/mol. The molecule has 0 unspecified atom stereocenters.